The number of amides is 2. The zero-order valence-corrected chi connectivity index (χ0v) is 9.02. The molecule has 0 spiro atoms. The smallest absolute Gasteiger partial charge is 0.246 e. The van der Waals surface area contributed by atoms with Gasteiger partial charge in [0.1, 0.15) is 0 Å². The quantitative estimate of drug-likeness (QED) is 0.652. The molecule has 0 saturated carbocycles. The molecule has 14 heavy (non-hydrogen) atoms. The van der Waals surface area contributed by atoms with Crippen molar-refractivity contribution in [3.8, 4) is 0 Å². The second kappa shape index (κ2) is 4.09. The molecule has 2 N–H and O–H groups in total. The number of hydrogen-bond acceptors (Lipinski definition) is 3. The van der Waals surface area contributed by atoms with Crippen LogP contribution in [0.15, 0.2) is 0 Å². The number of unbranched alkanes of at least 4 members (excludes halogenated alkanes) is 1. The fourth-order valence-corrected chi connectivity index (χ4v) is 1.53. The lowest BCUT2D eigenvalue weighted by molar-refractivity contribution is -0.139. The average molecular weight is 198 g/mol. The van der Waals surface area contributed by atoms with Crippen LogP contribution in [-0.4, -0.2) is 23.4 Å². The molecule has 1 saturated heterocycles. The van der Waals surface area contributed by atoms with Crippen LogP contribution in [-0.2, 0) is 9.59 Å². The van der Waals surface area contributed by atoms with Crippen LogP contribution in [0.3, 0.4) is 0 Å². The Morgan fingerprint density at radius 3 is 2.57 bits per heavy atom. The zero-order chi connectivity index (χ0) is 10.8. The van der Waals surface area contributed by atoms with Crippen LogP contribution < -0.4 is 10.6 Å². The molecule has 4 heteroatoms. The number of rotatable bonds is 3. The number of carbonyl (C=O) groups is 2. The van der Waals surface area contributed by atoms with E-state index in [4.69, 9.17) is 0 Å². The molecule has 0 aliphatic carbocycles. The van der Waals surface area contributed by atoms with Gasteiger partial charge >= 0.3 is 0 Å². The summed E-state index contributed by atoms with van der Waals surface area (Å²) in [5.41, 5.74) is -0.633. The Balaban J connectivity index is 2.61. The van der Waals surface area contributed by atoms with E-state index < -0.39 is 5.54 Å². The average Bonchev–Trinajstić information content (AvgIpc) is 2.09. The summed E-state index contributed by atoms with van der Waals surface area (Å²) in [5, 5.41) is 5.45. The SMILES string of the molecule is CCCCC1NC(C)(C)C(=O)NC1=O. The summed E-state index contributed by atoms with van der Waals surface area (Å²) >= 11 is 0. The van der Waals surface area contributed by atoms with Crippen molar-refractivity contribution in [2.24, 2.45) is 0 Å². The van der Waals surface area contributed by atoms with Gasteiger partial charge in [-0.25, -0.2) is 0 Å². The number of piperazine rings is 1. The van der Waals surface area contributed by atoms with E-state index in [1.165, 1.54) is 0 Å². The molecule has 1 atom stereocenters. The molecule has 1 heterocycles. The fraction of sp³-hybridized carbons (Fsp3) is 0.800. The molecule has 4 nitrogen and oxygen atoms in total. The number of hydrogen-bond donors (Lipinski definition) is 2. The normalized spacial score (nSPS) is 26.1. The Bertz CT molecular complexity index is 249. The Hall–Kier alpha value is -0.900. The summed E-state index contributed by atoms with van der Waals surface area (Å²) < 4.78 is 0. The summed E-state index contributed by atoms with van der Waals surface area (Å²) in [4.78, 5) is 22.8. The Morgan fingerprint density at radius 1 is 1.36 bits per heavy atom. The molecule has 1 aliphatic rings. The first kappa shape index (κ1) is 11.2. The van der Waals surface area contributed by atoms with Crippen molar-refractivity contribution >= 4 is 11.8 Å². The molecule has 0 bridgehead atoms. The predicted octanol–water partition coefficient (Wildman–Crippen LogP) is 0.570. The van der Waals surface area contributed by atoms with E-state index in [1.54, 1.807) is 13.8 Å². The van der Waals surface area contributed by atoms with Crippen LogP contribution in [0.2, 0.25) is 0 Å². The summed E-state index contributed by atoms with van der Waals surface area (Å²) in [6.07, 6.45) is 2.84. The zero-order valence-electron chi connectivity index (χ0n) is 9.02. The maximum atomic E-state index is 11.4. The molecule has 0 aromatic carbocycles. The van der Waals surface area contributed by atoms with E-state index in [2.05, 4.69) is 17.6 Å². The molecule has 1 rings (SSSR count). The standard InChI is InChI=1S/C10H18N2O2/c1-4-5-6-7-8(13)11-9(14)10(2,3)12-7/h7,12H,4-6H2,1-3H3,(H,11,13,14). The minimum Gasteiger partial charge on any atom is -0.293 e. The van der Waals surface area contributed by atoms with Gasteiger partial charge in [0, 0.05) is 0 Å². The Morgan fingerprint density at radius 2 is 2.00 bits per heavy atom. The summed E-state index contributed by atoms with van der Waals surface area (Å²) in [5.74, 6) is -0.432. The van der Waals surface area contributed by atoms with Gasteiger partial charge in [-0.05, 0) is 20.3 Å². The highest BCUT2D eigenvalue weighted by molar-refractivity contribution is 6.04. The van der Waals surface area contributed by atoms with E-state index >= 15 is 0 Å². The van der Waals surface area contributed by atoms with Crippen LogP contribution >= 0.6 is 0 Å². The van der Waals surface area contributed by atoms with E-state index in [0.717, 1.165) is 19.3 Å². The molecular formula is C10H18N2O2. The van der Waals surface area contributed by atoms with Gasteiger partial charge < -0.3 is 0 Å². The van der Waals surface area contributed by atoms with Gasteiger partial charge in [-0.3, -0.25) is 20.2 Å². The molecule has 0 aromatic rings. The highest BCUT2D eigenvalue weighted by Gasteiger charge is 2.38. The van der Waals surface area contributed by atoms with E-state index in [-0.39, 0.29) is 17.9 Å². The number of nitrogens with one attached hydrogen (secondary N) is 2. The van der Waals surface area contributed by atoms with Crippen molar-refractivity contribution in [2.75, 3.05) is 0 Å². The van der Waals surface area contributed by atoms with Gasteiger partial charge in [0.05, 0.1) is 11.6 Å². The number of carbonyl (C=O) groups excluding carboxylic acids is 2. The second-order valence-electron chi connectivity index (χ2n) is 4.28. The molecule has 1 fully saturated rings. The Kier molecular flexibility index (Phi) is 3.26. The monoisotopic (exact) mass is 198 g/mol. The van der Waals surface area contributed by atoms with Gasteiger partial charge in [0.25, 0.3) is 0 Å². The molecule has 1 unspecified atom stereocenters. The third-order valence-corrected chi connectivity index (χ3v) is 2.50. The highest BCUT2D eigenvalue weighted by Crippen LogP contribution is 2.13. The van der Waals surface area contributed by atoms with Crippen molar-refractivity contribution in [3.05, 3.63) is 0 Å². The first-order chi connectivity index (χ1) is 6.47. The minimum atomic E-state index is -0.633. The van der Waals surface area contributed by atoms with Crippen LogP contribution in [0, 0.1) is 0 Å². The molecule has 2 amide bonds. The minimum absolute atomic E-state index is 0.192. The van der Waals surface area contributed by atoms with Crippen LogP contribution in [0.5, 0.6) is 0 Å². The largest absolute Gasteiger partial charge is 0.293 e. The van der Waals surface area contributed by atoms with Crippen LogP contribution in [0.25, 0.3) is 0 Å². The van der Waals surface area contributed by atoms with Crippen LogP contribution in [0.4, 0.5) is 0 Å². The number of imide groups is 1. The second-order valence-corrected chi connectivity index (χ2v) is 4.28. The molecule has 0 radical (unpaired) electrons. The maximum Gasteiger partial charge on any atom is 0.246 e. The first-order valence-electron chi connectivity index (χ1n) is 5.10. The fourth-order valence-electron chi connectivity index (χ4n) is 1.53. The van der Waals surface area contributed by atoms with E-state index in [9.17, 15) is 9.59 Å². The molecular weight excluding hydrogens is 180 g/mol. The van der Waals surface area contributed by atoms with Crippen molar-refractivity contribution in [3.63, 3.8) is 0 Å². The van der Waals surface area contributed by atoms with Gasteiger partial charge in [-0.15, -0.1) is 0 Å². The first-order valence-corrected chi connectivity index (χ1v) is 5.10. The van der Waals surface area contributed by atoms with Crippen LogP contribution in [0.1, 0.15) is 40.0 Å². The summed E-state index contributed by atoms with van der Waals surface area (Å²) in [6, 6.07) is -0.220. The van der Waals surface area contributed by atoms with Crippen molar-refractivity contribution in [1.29, 1.82) is 0 Å². The maximum absolute atomic E-state index is 11.4. The highest BCUT2D eigenvalue weighted by atomic mass is 16.2. The molecule has 0 aromatic heterocycles. The lowest BCUT2D eigenvalue weighted by Crippen LogP contribution is -2.66. The topological polar surface area (TPSA) is 58.2 Å². The predicted molar refractivity (Wildman–Crippen MR) is 53.7 cm³/mol. The van der Waals surface area contributed by atoms with E-state index in [0.29, 0.717) is 0 Å². The van der Waals surface area contributed by atoms with E-state index in [1.807, 2.05) is 0 Å². The van der Waals surface area contributed by atoms with Gasteiger partial charge in [-0.2, -0.15) is 0 Å². The third-order valence-electron chi connectivity index (χ3n) is 2.50. The summed E-state index contributed by atoms with van der Waals surface area (Å²) in [6.45, 7) is 5.65. The van der Waals surface area contributed by atoms with Crippen molar-refractivity contribution in [1.82, 2.24) is 10.6 Å². The summed E-state index contributed by atoms with van der Waals surface area (Å²) in [7, 11) is 0. The van der Waals surface area contributed by atoms with Crippen molar-refractivity contribution < 1.29 is 9.59 Å². The third kappa shape index (κ3) is 2.32. The van der Waals surface area contributed by atoms with Gasteiger partial charge in [-0.1, -0.05) is 19.8 Å². The lowest BCUT2D eigenvalue weighted by atomic mass is 9.96. The Labute approximate surface area is 84.4 Å². The lowest BCUT2D eigenvalue weighted by Gasteiger charge is -2.34. The molecule has 1 aliphatic heterocycles. The molecule has 80 valence electrons. The van der Waals surface area contributed by atoms with Gasteiger partial charge in [0.2, 0.25) is 11.8 Å². The van der Waals surface area contributed by atoms with Crippen molar-refractivity contribution in [2.45, 2.75) is 51.6 Å². The van der Waals surface area contributed by atoms with Gasteiger partial charge in [0.15, 0.2) is 0 Å².